The van der Waals surface area contributed by atoms with Crippen LogP contribution < -0.4 is 10.6 Å². The summed E-state index contributed by atoms with van der Waals surface area (Å²) in [6.45, 7) is 5.36. The molecule has 7 heteroatoms. The number of methoxy groups -OCH3 is 1. The summed E-state index contributed by atoms with van der Waals surface area (Å²) in [7, 11) is 1.34. The average molecular weight is 343 g/mol. The Morgan fingerprint density at radius 1 is 1.08 bits per heavy atom. The monoisotopic (exact) mass is 343 g/mol. The third-order valence-corrected chi connectivity index (χ3v) is 2.96. The van der Waals surface area contributed by atoms with Gasteiger partial charge < -0.3 is 14.8 Å². The number of nitrogens with zero attached hydrogens (tertiary/aromatic N) is 1. The third-order valence-electron chi connectivity index (χ3n) is 2.96. The van der Waals surface area contributed by atoms with Gasteiger partial charge in [-0.05, 0) is 51.1 Å². The van der Waals surface area contributed by atoms with Crippen LogP contribution >= 0.6 is 0 Å². The molecular formula is C18H21N3O4. The highest BCUT2D eigenvalue weighted by Crippen LogP contribution is 2.19. The van der Waals surface area contributed by atoms with Crippen molar-refractivity contribution in [3.8, 4) is 0 Å². The number of anilines is 3. The van der Waals surface area contributed by atoms with Crippen LogP contribution in [0.5, 0.6) is 0 Å². The van der Waals surface area contributed by atoms with Crippen molar-refractivity contribution in [2.24, 2.45) is 0 Å². The van der Waals surface area contributed by atoms with Crippen LogP contribution in [0.4, 0.5) is 22.0 Å². The van der Waals surface area contributed by atoms with Gasteiger partial charge >= 0.3 is 12.1 Å². The number of benzene rings is 1. The lowest BCUT2D eigenvalue weighted by Crippen LogP contribution is -2.27. The topological polar surface area (TPSA) is 89.6 Å². The van der Waals surface area contributed by atoms with E-state index in [0.717, 1.165) is 5.69 Å². The van der Waals surface area contributed by atoms with E-state index in [0.29, 0.717) is 17.1 Å². The van der Waals surface area contributed by atoms with Gasteiger partial charge in [-0.15, -0.1) is 0 Å². The van der Waals surface area contributed by atoms with E-state index >= 15 is 0 Å². The number of hydrogen-bond acceptors (Lipinski definition) is 6. The highest BCUT2D eigenvalue weighted by atomic mass is 16.6. The number of carbonyl (C=O) groups excluding carboxylic acids is 2. The Morgan fingerprint density at radius 3 is 2.44 bits per heavy atom. The fourth-order valence-electron chi connectivity index (χ4n) is 1.96. The summed E-state index contributed by atoms with van der Waals surface area (Å²) in [5, 5.41) is 5.69. The van der Waals surface area contributed by atoms with Crippen LogP contribution in [-0.2, 0) is 9.47 Å². The molecule has 1 heterocycles. The van der Waals surface area contributed by atoms with Crippen LogP contribution in [0.25, 0.3) is 0 Å². The summed E-state index contributed by atoms with van der Waals surface area (Å²) >= 11 is 0. The minimum Gasteiger partial charge on any atom is -0.465 e. The molecule has 2 N–H and O–H groups in total. The van der Waals surface area contributed by atoms with E-state index in [4.69, 9.17) is 9.47 Å². The van der Waals surface area contributed by atoms with Crippen molar-refractivity contribution in [3.63, 3.8) is 0 Å². The summed E-state index contributed by atoms with van der Waals surface area (Å²) in [5.74, 6) is -0.0261. The molecule has 0 fully saturated rings. The van der Waals surface area contributed by atoms with Crippen molar-refractivity contribution < 1.29 is 19.1 Å². The first-order valence-electron chi connectivity index (χ1n) is 7.68. The third kappa shape index (κ3) is 5.80. The molecular weight excluding hydrogens is 322 g/mol. The number of carbonyl (C=O) groups is 2. The van der Waals surface area contributed by atoms with E-state index in [-0.39, 0.29) is 0 Å². The predicted molar refractivity (Wildman–Crippen MR) is 95.2 cm³/mol. The molecule has 2 aromatic rings. The molecule has 7 nitrogen and oxygen atoms in total. The number of aromatic nitrogens is 1. The Morgan fingerprint density at radius 2 is 1.84 bits per heavy atom. The molecule has 2 rings (SSSR count). The quantitative estimate of drug-likeness (QED) is 0.817. The lowest BCUT2D eigenvalue weighted by Gasteiger charge is -2.19. The molecule has 1 amide bonds. The Bertz CT molecular complexity index is 752. The molecule has 0 saturated heterocycles. The van der Waals surface area contributed by atoms with E-state index in [2.05, 4.69) is 15.6 Å². The van der Waals surface area contributed by atoms with Crippen LogP contribution in [0, 0.1) is 0 Å². The highest BCUT2D eigenvalue weighted by molar-refractivity contribution is 5.90. The Labute approximate surface area is 146 Å². The molecule has 1 aromatic carbocycles. The van der Waals surface area contributed by atoms with E-state index in [1.807, 2.05) is 6.07 Å². The van der Waals surface area contributed by atoms with Crippen molar-refractivity contribution in [3.05, 3.63) is 48.2 Å². The van der Waals surface area contributed by atoms with E-state index in [1.165, 1.54) is 7.11 Å². The number of esters is 1. The zero-order valence-electron chi connectivity index (χ0n) is 14.6. The smallest absolute Gasteiger partial charge is 0.413 e. The molecule has 0 saturated carbocycles. The second kappa shape index (κ2) is 7.65. The van der Waals surface area contributed by atoms with Crippen molar-refractivity contribution in [1.82, 2.24) is 4.98 Å². The predicted octanol–water partition coefficient (Wildman–Crippen LogP) is 3.96. The number of pyridine rings is 1. The van der Waals surface area contributed by atoms with Gasteiger partial charge in [-0.1, -0.05) is 6.07 Å². The van der Waals surface area contributed by atoms with Crippen molar-refractivity contribution in [2.45, 2.75) is 26.4 Å². The number of ether oxygens (including phenoxy) is 2. The number of hydrogen-bond donors (Lipinski definition) is 2. The summed E-state index contributed by atoms with van der Waals surface area (Å²) < 4.78 is 9.86. The van der Waals surface area contributed by atoms with Gasteiger partial charge in [0.25, 0.3) is 0 Å². The lowest BCUT2D eigenvalue weighted by molar-refractivity contribution is 0.0598. The van der Waals surface area contributed by atoms with Crippen LogP contribution in [-0.4, -0.2) is 29.8 Å². The molecule has 0 unspecified atom stereocenters. The van der Waals surface area contributed by atoms with Gasteiger partial charge in [-0.2, -0.15) is 0 Å². The molecule has 1 aromatic heterocycles. The van der Waals surface area contributed by atoms with Crippen molar-refractivity contribution in [2.75, 3.05) is 17.7 Å². The fraction of sp³-hybridized carbons (Fsp3) is 0.278. The van der Waals surface area contributed by atoms with Gasteiger partial charge in [0.2, 0.25) is 0 Å². The van der Waals surface area contributed by atoms with Gasteiger partial charge in [-0.25, -0.2) is 14.6 Å². The number of rotatable bonds is 4. The lowest BCUT2D eigenvalue weighted by atomic mass is 10.2. The van der Waals surface area contributed by atoms with Crippen LogP contribution in [0.2, 0.25) is 0 Å². The van der Waals surface area contributed by atoms with Crippen LogP contribution in [0.1, 0.15) is 31.1 Å². The SMILES string of the molecule is COC(=O)c1cccc(Nc2ccc(NC(=O)OC(C)(C)C)nc2)c1. The molecule has 25 heavy (non-hydrogen) atoms. The first-order valence-corrected chi connectivity index (χ1v) is 7.68. The first kappa shape index (κ1) is 18.3. The van der Waals surface area contributed by atoms with Gasteiger partial charge in [0.1, 0.15) is 11.4 Å². The van der Waals surface area contributed by atoms with E-state index < -0.39 is 17.7 Å². The Balaban J connectivity index is 2.01. The minimum atomic E-state index is -0.573. The van der Waals surface area contributed by atoms with Gasteiger partial charge in [0.15, 0.2) is 0 Å². The second-order valence-electron chi connectivity index (χ2n) is 6.26. The maximum absolute atomic E-state index is 11.7. The average Bonchev–Trinajstić information content (AvgIpc) is 2.54. The molecule has 0 aliphatic rings. The molecule has 0 radical (unpaired) electrons. The summed E-state index contributed by atoms with van der Waals surface area (Å²) in [4.78, 5) is 27.4. The van der Waals surface area contributed by atoms with Crippen LogP contribution in [0.3, 0.4) is 0 Å². The molecule has 0 aliphatic carbocycles. The fourth-order valence-corrected chi connectivity index (χ4v) is 1.96. The minimum absolute atomic E-state index is 0.378. The molecule has 0 aliphatic heterocycles. The zero-order chi connectivity index (χ0) is 18.4. The maximum Gasteiger partial charge on any atom is 0.413 e. The molecule has 0 atom stereocenters. The zero-order valence-corrected chi connectivity index (χ0v) is 14.6. The van der Waals surface area contributed by atoms with E-state index in [9.17, 15) is 9.59 Å². The van der Waals surface area contributed by atoms with Crippen LogP contribution in [0.15, 0.2) is 42.6 Å². The van der Waals surface area contributed by atoms with E-state index in [1.54, 1.807) is 57.3 Å². The summed E-state index contributed by atoms with van der Waals surface area (Å²) in [6.07, 6.45) is 1.00. The van der Waals surface area contributed by atoms with Gasteiger partial charge in [0, 0.05) is 5.69 Å². The highest BCUT2D eigenvalue weighted by Gasteiger charge is 2.16. The second-order valence-corrected chi connectivity index (χ2v) is 6.26. The number of amides is 1. The summed E-state index contributed by atoms with van der Waals surface area (Å²) in [5.41, 5.74) is 1.30. The molecule has 132 valence electrons. The van der Waals surface area contributed by atoms with Crippen molar-refractivity contribution >= 4 is 29.3 Å². The molecule has 0 bridgehead atoms. The first-order chi connectivity index (χ1) is 11.8. The van der Waals surface area contributed by atoms with Crippen molar-refractivity contribution in [1.29, 1.82) is 0 Å². The summed E-state index contributed by atoms with van der Waals surface area (Å²) in [6, 6.07) is 10.3. The molecule has 0 spiro atoms. The Kier molecular flexibility index (Phi) is 5.59. The van der Waals surface area contributed by atoms with Gasteiger partial charge in [0.05, 0.1) is 24.6 Å². The maximum atomic E-state index is 11.7. The normalized spacial score (nSPS) is 10.7. The largest absolute Gasteiger partial charge is 0.465 e. The van der Waals surface area contributed by atoms with Gasteiger partial charge in [-0.3, -0.25) is 5.32 Å². The number of nitrogens with one attached hydrogen (secondary N) is 2. The Hall–Kier alpha value is -3.09. The standard InChI is InChI=1S/C18H21N3O4/c1-18(2,3)25-17(23)21-15-9-8-14(11-19-15)20-13-7-5-6-12(10-13)16(22)24-4/h5-11,20H,1-4H3,(H,19,21,23).